The van der Waals surface area contributed by atoms with E-state index in [4.69, 9.17) is 8.83 Å². The second-order valence-electron chi connectivity index (χ2n) is 6.98. The highest BCUT2D eigenvalue weighted by atomic mass is 19.1. The van der Waals surface area contributed by atoms with Crippen LogP contribution >= 0.6 is 0 Å². The molecule has 5 rings (SSSR count). The van der Waals surface area contributed by atoms with Crippen molar-refractivity contribution in [3.63, 3.8) is 0 Å². The number of fused-ring (bicyclic) bond motifs is 5. The minimum absolute atomic E-state index is 0.226. The van der Waals surface area contributed by atoms with Gasteiger partial charge in [0, 0.05) is 16.5 Å². The Morgan fingerprint density at radius 3 is 2.50 bits per heavy atom. The lowest BCUT2D eigenvalue weighted by Gasteiger charge is -2.16. The van der Waals surface area contributed by atoms with Crippen molar-refractivity contribution < 1.29 is 13.2 Å². The summed E-state index contributed by atoms with van der Waals surface area (Å²) in [4.78, 5) is 12.4. The topological polar surface area (TPSA) is 43.4 Å². The summed E-state index contributed by atoms with van der Waals surface area (Å²) in [6.45, 7) is 1.98. The summed E-state index contributed by atoms with van der Waals surface area (Å²) in [5, 5.41) is 1.90. The van der Waals surface area contributed by atoms with Crippen molar-refractivity contribution in [3.05, 3.63) is 69.5 Å². The molecule has 130 valence electrons. The molecule has 0 fully saturated rings. The van der Waals surface area contributed by atoms with Gasteiger partial charge in [0.1, 0.15) is 17.0 Å². The van der Waals surface area contributed by atoms with Crippen molar-refractivity contribution in [2.45, 2.75) is 32.6 Å². The standard InChI is InChI=1S/C22H17FO3/c1-12-10-18-20(15-4-2-3-5-16(15)22(24)26-18)21-19(12)17(11-25-21)13-6-8-14(23)9-7-13/h6-11H,2-5H2,1H3. The SMILES string of the molecule is Cc1cc2oc(=O)c3c(c2c2occ(-c4ccc(F)cc4)c12)CCCC3. The molecule has 1 aliphatic rings. The number of hydrogen-bond acceptors (Lipinski definition) is 3. The maximum atomic E-state index is 13.3. The number of aryl methyl sites for hydroxylation is 2. The molecule has 0 atom stereocenters. The fourth-order valence-corrected chi connectivity index (χ4v) is 4.16. The van der Waals surface area contributed by atoms with Gasteiger partial charge in [-0.3, -0.25) is 0 Å². The first-order chi connectivity index (χ1) is 12.6. The van der Waals surface area contributed by atoms with Crippen LogP contribution in [0.15, 0.2) is 50.2 Å². The van der Waals surface area contributed by atoms with Crippen LogP contribution in [0.3, 0.4) is 0 Å². The van der Waals surface area contributed by atoms with Crippen LogP contribution < -0.4 is 5.63 Å². The Balaban J connectivity index is 1.89. The zero-order valence-electron chi connectivity index (χ0n) is 14.4. The van der Waals surface area contributed by atoms with E-state index in [-0.39, 0.29) is 11.4 Å². The average Bonchev–Trinajstić information content (AvgIpc) is 3.08. The first-order valence-corrected chi connectivity index (χ1v) is 8.89. The monoisotopic (exact) mass is 348 g/mol. The summed E-state index contributed by atoms with van der Waals surface area (Å²) in [7, 11) is 0. The summed E-state index contributed by atoms with van der Waals surface area (Å²) in [6, 6.07) is 8.32. The molecule has 0 amide bonds. The lowest BCUT2D eigenvalue weighted by Crippen LogP contribution is -2.15. The third-order valence-corrected chi connectivity index (χ3v) is 5.38. The number of hydrogen-bond donors (Lipinski definition) is 0. The van der Waals surface area contributed by atoms with Gasteiger partial charge in [-0.05, 0) is 67.5 Å². The highest BCUT2D eigenvalue weighted by molar-refractivity contribution is 6.11. The van der Waals surface area contributed by atoms with Crippen molar-refractivity contribution in [1.82, 2.24) is 0 Å². The van der Waals surface area contributed by atoms with Gasteiger partial charge < -0.3 is 8.83 Å². The van der Waals surface area contributed by atoms with E-state index in [9.17, 15) is 9.18 Å². The molecule has 0 spiro atoms. The summed E-state index contributed by atoms with van der Waals surface area (Å²) >= 11 is 0. The number of benzene rings is 2. The molecule has 2 heterocycles. The predicted octanol–water partition coefficient (Wildman–Crippen LogP) is 5.53. The zero-order valence-corrected chi connectivity index (χ0v) is 14.4. The van der Waals surface area contributed by atoms with E-state index in [0.29, 0.717) is 5.58 Å². The Labute approximate surface area is 149 Å². The van der Waals surface area contributed by atoms with Gasteiger partial charge in [0.2, 0.25) is 0 Å². The average molecular weight is 348 g/mol. The summed E-state index contributed by atoms with van der Waals surface area (Å²) in [5.41, 5.74) is 5.76. The highest BCUT2D eigenvalue weighted by Crippen LogP contribution is 2.40. The third kappa shape index (κ3) is 2.15. The Morgan fingerprint density at radius 1 is 1.00 bits per heavy atom. The lowest BCUT2D eigenvalue weighted by atomic mass is 9.89. The molecular formula is C22H17FO3. The Morgan fingerprint density at radius 2 is 1.73 bits per heavy atom. The minimum atomic E-state index is -0.264. The Kier molecular flexibility index (Phi) is 3.29. The summed E-state index contributed by atoms with van der Waals surface area (Å²) < 4.78 is 24.9. The van der Waals surface area contributed by atoms with Gasteiger partial charge in [-0.15, -0.1) is 0 Å². The van der Waals surface area contributed by atoms with Gasteiger partial charge >= 0.3 is 5.63 Å². The molecule has 2 aromatic carbocycles. The van der Waals surface area contributed by atoms with Crippen LogP contribution in [0.4, 0.5) is 4.39 Å². The quantitative estimate of drug-likeness (QED) is 0.425. The van der Waals surface area contributed by atoms with Gasteiger partial charge in [-0.2, -0.15) is 0 Å². The first-order valence-electron chi connectivity index (χ1n) is 8.89. The third-order valence-electron chi connectivity index (χ3n) is 5.38. The molecule has 0 N–H and O–H groups in total. The number of halogens is 1. The molecule has 26 heavy (non-hydrogen) atoms. The molecule has 0 saturated heterocycles. The second kappa shape index (κ2) is 5.56. The predicted molar refractivity (Wildman–Crippen MR) is 99.0 cm³/mol. The van der Waals surface area contributed by atoms with Crippen LogP contribution in [-0.4, -0.2) is 0 Å². The molecule has 0 saturated carbocycles. The molecule has 4 heteroatoms. The van der Waals surface area contributed by atoms with Crippen LogP contribution in [0.2, 0.25) is 0 Å². The van der Waals surface area contributed by atoms with Gasteiger partial charge in [0.05, 0.1) is 11.6 Å². The maximum Gasteiger partial charge on any atom is 0.339 e. The van der Waals surface area contributed by atoms with Crippen molar-refractivity contribution in [2.75, 3.05) is 0 Å². The van der Waals surface area contributed by atoms with Crippen LogP contribution in [0, 0.1) is 12.7 Å². The normalized spacial score (nSPS) is 14.1. The molecule has 0 aliphatic heterocycles. The van der Waals surface area contributed by atoms with Crippen LogP contribution in [-0.2, 0) is 12.8 Å². The van der Waals surface area contributed by atoms with Crippen LogP contribution in [0.1, 0.15) is 29.5 Å². The van der Waals surface area contributed by atoms with Crippen LogP contribution in [0.25, 0.3) is 33.1 Å². The number of furan rings is 1. The molecule has 4 aromatic rings. The van der Waals surface area contributed by atoms with Gasteiger partial charge in [0.15, 0.2) is 0 Å². The summed E-state index contributed by atoms with van der Waals surface area (Å²) in [6.07, 6.45) is 5.41. The molecule has 0 bridgehead atoms. The zero-order chi connectivity index (χ0) is 17.8. The fraction of sp³-hybridized carbons (Fsp3) is 0.227. The fourth-order valence-electron chi connectivity index (χ4n) is 4.16. The number of rotatable bonds is 1. The van der Waals surface area contributed by atoms with E-state index < -0.39 is 0 Å². The van der Waals surface area contributed by atoms with Crippen LogP contribution in [0.5, 0.6) is 0 Å². The Hall–Kier alpha value is -2.88. The smallest absolute Gasteiger partial charge is 0.339 e. The van der Waals surface area contributed by atoms with Crippen molar-refractivity contribution in [1.29, 1.82) is 0 Å². The lowest BCUT2D eigenvalue weighted by molar-refractivity contribution is 0.532. The van der Waals surface area contributed by atoms with E-state index in [0.717, 1.165) is 69.9 Å². The largest absolute Gasteiger partial charge is 0.463 e. The van der Waals surface area contributed by atoms with E-state index in [1.54, 1.807) is 18.4 Å². The van der Waals surface area contributed by atoms with Crippen molar-refractivity contribution in [3.8, 4) is 11.1 Å². The van der Waals surface area contributed by atoms with E-state index in [1.165, 1.54) is 12.1 Å². The molecule has 0 unspecified atom stereocenters. The maximum absolute atomic E-state index is 13.3. The summed E-state index contributed by atoms with van der Waals surface area (Å²) in [5.74, 6) is -0.264. The molecule has 2 aromatic heterocycles. The molecule has 1 aliphatic carbocycles. The van der Waals surface area contributed by atoms with E-state index >= 15 is 0 Å². The Bertz CT molecular complexity index is 1210. The molecule has 3 nitrogen and oxygen atoms in total. The van der Waals surface area contributed by atoms with Gasteiger partial charge in [-0.1, -0.05) is 12.1 Å². The van der Waals surface area contributed by atoms with E-state index in [2.05, 4.69) is 0 Å². The second-order valence-corrected chi connectivity index (χ2v) is 6.98. The van der Waals surface area contributed by atoms with Crippen molar-refractivity contribution in [2.24, 2.45) is 0 Å². The van der Waals surface area contributed by atoms with Gasteiger partial charge in [-0.25, -0.2) is 9.18 Å². The highest BCUT2D eigenvalue weighted by Gasteiger charge is 2.23. The van der Waals surface area contributed by atoms with E-state index in [1.807, 2.05) is 13.0 Å². The molecular weight excluding hydrogens is 331 g/mol. The first kappa shape index (κ1) is 15.4. The minimum Gasteiger partial charge on any atom is -0.463 e. The van der Waals surface area contributed by atoms with Gasteiger partial charge in [0.25, 0.3) is 0 Å². The van der Waals surface area contributed by atoms with Crippen molar-refractivity contribution >= 4 is 21.9 Å². The molecule has 0 radical (unpaired) electrons.